The molecule has 0 radical (unpaired) electrons. The van der Waals surface area contributed by atoms with Crippen molar-refractivity contribution in [3.63, 3.8) is 0 Å². The van der Waals surface area contributed by atoms with Crippen molar-refractivity contribution in [3.05, 3.63) is 45.9 Å². The highest BCUT2D eigenvalue weighted by molar-refractivity contribution is 7.13. The number of ether oxygens (including phenoxy) is 1. The highest BCUT2D eigenvalue weighted by Gasteiger charge is 2.24. The molecule has 1 aromatic carbocycles. The van der Waals surface area contributed by atoms with Crippen molar-refractivity contribution >= 4 is 28.9 Å². The van der Waals surface area contributed by atoms with Crippen LogP contribution >= 0.6 is 11.3 Å². The minimum Gasteiger partial charge on any atom is -0.480 e. The van der Waals surface area contributed by atoms with Crippen molar-refractivity contribution in [2.24, 2.45) is 0 Å². The molecular weight excluding hydrogens is 304 g/mol. The van der Waals surface area contributed by atoms with E-state index in [-0.39, 0.29) is 5.91 Å². The molecule has 7 heteroatoms. The fourth-order valence-electron chi connectivity index (χ4n) is 1.98. The van der Waals surface area contributed by atoms with E-state index in [0.717, 1.165) is 0 Å². The topological polar surface area (TPSA) is 79.7 Å². The Morgan fingerprint density at radius 3 is 2.59 bits per heavy atom. The summed E-state index contributed by atoms with van der Waals surface area (Å²) in [5, 5.41) is 9.76. The minimum atomic E-state index is -1.07. The van der Waals surface area contributed by atoms with Gasteiger partial charge in [0.25, 0.3) is 5.91 Å². The molecule has 6 nitrogen and oxygen atoms in total. The van der Waals surface area contributed by atoms with Crippen LogP contribution in [-0.2, 0) is 16.1 Å². The number of benzene rings is 1. The Kier molecular flexibility index (Phi) is 5.24. The van der Waals surface area contributed by atoms with Gasteiger partial charge in [0, 0.05) is 12.8 Å². The maximum atomic E-state index is 12.7. The quantitative estimate of drug-likeness (QED) is 0.883. The zero-order chi connectivity index (χ0) is 16.1. The second-order valence-electron chi connectivity index (χ2n) is 4.58. The second-order valence-corrected chi connectivity index (χ2v) is 5.66. The molecule has 0 fully saturated rings. The van der Waals surface area contributed by atoms with Crippen molar-refractivity contribution in [2.45, 2.75) is 13.5 Å². The van der Waals surface area contributed by atoms with E-state index in [9.17, 15) is 9.59 Å². The largest absolute Gasteiger partial charge is 0.480 e. The number of carbonyl (C=O) groups excluding carboxylic acids is 1. The molecule has 0 aliphatic carbocycles. The van der Waals surface area contributed by atoms with Crippen LogP contribution in [0.2, 0.25) is 0 Å². The Hall–Kier alpha value is -2.25. The van der Waals surface area contributed by atoms with Gasteiger partial charge in [0.1, 0.15) is 16.4 Å². The number of aromatic nitrogens is 1. The molecule has 0 spiro atoms. The fourth-order valence-corrected chi connectivity index (χ4v) is 2.97. The molecule has 1 heterocycles. The van der Waals surface area contributed by atoms with Crippen LogP contribution in [0.1, 0.15) is 20.4 Å². The van der Waals surface area contributed by atoms with Crippen molar-refractivity contribution in [3.8, 4) is 0 Å². The Bertz CT molecular complexity index is 669. The Morgan fingerprint density at radius 2 is 2.00 bits per heavy atom. The summed E-state index contributed by atoms with van der Waals surface area (Å²) in [6, 6.07) is 8.73. The number of nitrogens with zero attached hydrogens (tertiary/aromatic N) is 2. The lowest BCUT2D eigenvalue weighted by Gasteiger charge is -2.20. The number of aliphatic carboxylic acids is 1. The maximum absolute atomic E-state index is 12.7. The standard InChI is InChI=1S/C15H16N2O4S/c1-10-14(22-12(16-10)9-21-2)15(20)17(8-13(18)19)11-6-4-3-5-7-11/h3-7H,8-9H2,1-2H3,(H,18,19). The second kappa shape index (κ2) is 7.15. The molecular formula is C15H16N2O4S. The SMILES string of the molecule is COCc1nc(C)c(C(=O)N(CC(=O)O)c2ccccc2)s1. The first kappa shape index (κ1) is 16.1. The number of aryl methyl sites for hydroxylation is 1. The molecule has 22 heavy (non-hydrogen) atoms. The third kappa shape index (κ3) is 3.69. The summed E-state index contributed by atoms with van der Waals surface area (Å²) in [6.07, 6.45) is 0. The van der Waals surface area contributed by atoms with Gasteiger partial charge in [0.2, 0.25) is 0 Å². The van der Waals surface area contributed by atoms with Gasteiger partial charge < -0.3 is 9.84 Å². The number of hydrogen-bond acceptors (Lipinski definition) is 5. The first-order valence-corrected chi connectivity index (χ1v) is 7.38. The first-order chi connectivity index (χ1) is 10.5. The van der Waals surface area contributed by atoms with Gasteiger partial charge in [-0.2, -0.15) is 0 Å². The molecule has 0 atom stereocenters. The number of rotatable bonds is 6. The van der Waals surface area contributed by atoms with E-state index in [2.05, 4.69) is 4.98 Å². The molecule has 0 unspecified atom stereocenters. The number of carboxylic acids is 1. The van der Waals surface area contributed by atoms with Gasteiger partial charge in [0.05, 0.1) is 12.3 Å². The Balaban J connectivity index is 2.35. The van der Waals surface area contributed by atoms with Crippen molar-refractivity contribution in [1.29, 1.82) is 0 Å². The molecule has 0 aliphatic heterocycles. The molecule has 1 N–H and O–H groups in total. The molecule has 1 amide bonds. The van der Waals surface area contributed by atoms with Crippen molar-refractivity contribution in [2.75, 3.05) is 18.6 Å². The Morgan fingerprint density at radius 1 is 1.32 bits per heavy atom. The van der Waals surface area contributed by atoms with Crippen LogP contribution in [0.5, 0.6) is 0 Å². The van der Waals surface area contributed by atoms with Gasteiger partial charge in [-0.15, -0.1) is 11.3 Å². The van der Waals surface area contributed by atoms with E-state index in [1.165, 1.54) is 16.2 Å². The van der Waals surface area contributed by atoms with E-state index in [1.54, 1.807) is 38.3 Å². The molecule has 116 valence electrons. The van der Waals surface area contributed by atoms with Crippen LogP contribution in [0.4, 0.5) is 5.69 Å². The van der Waals surface area contributed by atoms with E-state index in [4.69, 9.17) is 9.84 Å². The number of thiazole rings is 1. The van der Waals surface area contributed by atoms with Crippen LogP contribution in [-0.4, -0.2) is 35.6 Å². The summed E-state index contributed by atoms with van der Waals surface area (Å²) in [5.74, 6) is -1.44. The normalized spacial score (nSPS) is 10.5. The lowest BCUT2D eigenvalue weighted by Crippen LogP contribution is -2.35. The van der Waals surface area contributed by atoms with E-state index in [0.29, 0.717) is 27.9 Å². The summed E-state index contributed by atoms with van der Waals surface area (Å²) >= 11 is 1.22. The van der Waals surface area contributed by atoms with E-state index >= 15 is 0 Å². The van der Waals surface area contributed by atoms with Crippen LogP contribution in [0.3, 0.4) is 0 Å². The summed E-state index contributed by atoms with van der Waals surface area (Å²) in [7, 11) is 1.55. The predicted octanol–water partition coefficient (Wildman–Crippen LogP) is 2.33. The highest BCUT2D eigenvalue weighted by Crippen LogP contribution is 2.24. The van der Waals surface area contributed by atoms with Gasteiger partial charge in [-0.3, -0.25) is 14.5 Å². The first-order valence-electron chi connectivity index (χ1n) is 6.57. The van der Waals surface area contributed by atoms with Crippen LogP contribution < -0.4 is 4.90 Å². The molecule has 0 saturated heterocycles. The van der Waals surface area contributed by atoms with E-state index in [1.807, 2.05) is 6.07 Å². The number of carbonyl (C=O) groups is 2. The predicted molar refractivity (Wildman–Crippen MR) is 83.3 cm³/mol. The lowest BCUT2D eigenvalue weighted by molar-refractivity contribution is -0.135. The molecule has 0 aliphatic rings. The monoisotopic (exact) mass is 320 g/mol. The molecule has 0 bridgehead atoms. The minimum absolute atomic E-state index is 0.322. The third-order valence-electron chi connectivity index (χ3n) is 2.91. The number of hydrogen-bond donors (Lipinski definition) is 1. The van der Waals surface area contributed by atoms with Gasteiger partial charge in [-0.25, -0.2) is 4.98 Å². The van der Waals surface area contributed by atoms with Gasteiger partial charge in [0.15, 0.2) is 0 Å². The summed E-state index contributed by atoms with van der Waals surface area (Å²) in [4.78, 5) is 29.7. The summed E-state index contributed by atoms with van der Waals surface area (Å²) in [5.41, 5.74) is 1.12. The number of anilines is 1. The lowest BCUT2D eigenvalue weighted by atomic mass is 10.2. The van der Waals surface area contributed by atoms with Crippen molar-refractivity contribution < 1.29 is 19.4 Å². The maximum Gasteiger partial charge on any atom is 0.323 e. The average molecular weight is 320 g/mol. The van der Waals surface area contributed by atoms with Crippen LogP contribution in [0, 0.1) is 6.92 Å². The molecule has 0 saturated carbocycles. The van der Waals surface area contributed by atoms with Crippen molar-refractivity contribution in [1.82, 2.24) is 4.98 Å². The number of carboxylic acid groups (broad SMARTS) is 1. The van der Waals surface area contributed by atoms with Crippen LogP contribution in [0.25, 0.3) is 0 Å². The van der Waals surface area contributed by atoms with E-state index < -0.39 is 12.5 Å². The zero-order valence-corrected chi connectivity index (χ0v) is 13.1. The number of para-hydroxylation sites is 1. The number of methoxy groups -OCH3 is 1. The molecule has 2 rings (SSSR count). The van der Waals surface area contributed by atoms with Gasteiger partial charge in [-0.05, 0) is 19.1 Å². The summed E-state index contributed by atoms with van der Waals surface area (Å²) < 4.78 is 5.01. The van der Waals surface area contributed by atoms with Gasteiger partial charge >= 0.3 is 5.97 Å². The number of amides is 1. The molecule has 2 aromatic rings. The zero-order valence-electron chi connectivity index (χ0n) is 12.3. The smallest absolute Gasteiger partial charge is 0.323 e. The van der Waals surface area contributed by atoms with Gasteiger partial charge in [-0.1, -0.05) is 18.2 Å². The Labute approximate surface area is 132 Å². The fraction of sp³-hybridized carbons (Fsp3) is 0.267. The third-order valence-corrected chi connectivity index (χ3v) is 4.03. The van der Waals surface area contributed by atoms with Crippen LogP contribution in [0.15, 0.2) is 30.3 Å². The summed E-state index contributed by atoms with van der Waals surface area (Å²) in [6.45, 7) is 1.65. The average Bonchev–Trinajstić information content (AvgIpc) is 2.86. The highest BCUT2D eigenvalue weighted by atomic mass is 32.1. The molecule has 1 aromatic heterocycles.